The highest BCUT2D eigenvalue weighted by Crippen LogP contribution is 2.05. The molecule has 2 N–H and O–H groups in total. The second-order valence-electron chi connectivity index (χ2n) is 3.71. The summed E-state index contributed by atoms with van der Waals surface area (Å²) in [6, 6.07) is 14.2. The number of benzene rings is 1. The van der Waals surface area contributed by atoms with Crippen molar-refractivity contribution in [3.8, 4) is 0 Å². The highest BCUT2D eigenvalue weighted by molar-refractivity contribution is 5.38. The average Bonchev–Trinajstić information content (AvgIpc) is 2.25. The fourth-order valence-electron chi connectivity index (χ4n) is 1.56. The average molecular weight is 235 g/mol. The zero-order valence-electron chi connectivity index (χ0n) is 9.23. The van der Waals surface area contributed by atoms with E-state index in [1.807, 2.05) is 18.2 Å². The molecule has 0 aliphatic heterocycles. The van der Waals surface area contributed by atoms with Crippen LogP contribution in [0.25, 0.3) is 0 Å². The predicted octanol–water partition coefficient (Wildman–Crippen LogP) is -1.08. The van der Waals surface area contributed by atoms with Gasteiger partial charge in [0, 0.05) is 30.3 Å². The molecule has 2 rings (SSSR count). The molecule has 0 aliphatic rings. The molecule has 2 nitrogen and oxygen atoms in total. The number of nitrogens with two attached hydrogens (primary N) is 1. The van der Waals surface area contributed by atoms with Gasteiger partial charge in [-0.05, 0) is 12.1 Å². The minimum atomic E-state index is 0. The van der Waals surface area contributed by atoms with Gasteiger partial charge in [0.25, 0.3) is 0 Å². The highest BCUT2D eigenvalue weighted by atomic mass is 35.5. The first-order valence-corrected chi connectivity index (χ1v) is 5.05. The monoisotopic (exact) mass is 234 g/mol. The minimum absolute atomic E-state index is 0. The molecule has 0 radical (unpaired) electrons. The lowest BCUT2D eigenvalue weighted by Gasteiger charge is -2.00. The van der Waals surface area contributed by atoms with Crippen LogP contribution in [0.2, 0.25) is 0 Å². The van der Waals surface area contributed by atoms with Crippen molar-refractivity contribution in [2.75, 3.05) is 5.73 Å². The molecular formula is C13H15ClN2. The molecule has 0 saturated carbocycles. The summed E-state index contributed by atoms with van der Waals surface area (Å²) in [7, 11) is 0. The molecule has 0 amide bonds. The lowest BCUT2D eigenvalue weighted by molar-refractivity contribution is -0.694. The maximum Gasteiger partial charge on any atom is 0.178 e. The third kappa shape index (κ3) is 2.97. The number of pyridine rings is 1. The summed E-state index contributed by atoms with van der Waals surface area (Å²) in [6.07, 6.45) is 2.09. The van der Waals surface area contributed by atoms with E-state index in [0.29, 0.717) is 0 Å². The van der Waals surface area contributed by atoms with E-state index in [-0.39, 0.29) is 12.4 Å². The first-order valence-electron chi connectivity index (χ1n) is 5.05. The molecule has 1 aromatic heterocycles. The quantitative estimate of drug-likeness (QED) is 0.520. The van der Waals surface area contributed by atoms with Gasteiger partial charge in [0.2, 0.25) is 0 Å². The van der Waals surface area contributed by atoms with Gasteiger partial charge in [-0.25, -0.2) is 0 Å². The molecule has 0 fully saturated rings. The summed E-state index contributed by atoms with van der Waals surface area (Å²) in [5.41, 5.74) is 8.98. The Hall–Kier alpha value is -1.54. The normalized spacial score (nSPS) is 9.56. The molecular weight excluding hydrogens is 220 g/mol. The van der Waals surface area contributed by atoms with Crippen LogP contribution < -0.4 is 22.7 Å². The van der Waals surface area contributed by atoms with Crippen LogP contribution in [0, 0.1) is 6.92 Å². The van der Waals surface area contributed by atoms with Crippen molar-refractivity contribution in [1.82, 2.24) is 0 Å². The Kier molecular flexibility index (Phi) is 4.32. The molecule has 0 aliphatic carbocycles. The van der Waals surface area contributed by atoms with Gasteiger partial charge < -0.3 is 18.1 Å². The Balaban J connectivity index is 0.00000128. The Labute approximate surface area is 102 Å². The maximum atomic E-state index is 5.64. The van der Waals surface area contributed by atoms with Gasteiger partial charge in [-0.2, -0.15) is 4.57 Å². The van der Waals surface area contributed by atoms with E-state index in [1.165, 1.54) is 11.3 Å². The SMILES string of the molecule is Cc1cccc[n+]1Cc1ccc(N)cc1.[Cl-]. The van der Waals surface area contributed by atoms with Gasteiger partial charge in [0.05, 0.1) is 0 Å². The molecule has 0 unspecified atom stereocenters. The standard InChI is InChI=1S/C13H15N2.ClH/c1-11-4-2-3-9-15(11)10-12-5-7-13(14)8-6-12;/h2-9H,10,14H2,1H3;1H/q+1;/p-1. The van der Waals surface area contributed by atoms with Crippen molar-refractivity contribution >= 4 is 5.69 Å². The number of anilines is 1. The molecule has 0 atom stereocenters. The predicted molar refractivity (Wildman–Crippen MR) is 61.3 cm³/mol. The molecule has 0 spiro atoms. The second-order valence-corrected chi connectivity index (χ2v) is 3.71. The number of nitrogen functional groups attached to an aromatic ring is 1. The Bertz CT molecular complexity index is 452. The van der Waals surface area contributed by atoms with E-state index < -0.39 is 0 Å². The molecule has 0 bridgehead atoms. The van der Waals surface area contributed by atoms with Gasteiger partial charge >= 0.3 is 0 Å². The van der Waals surface area contributed by atoms with Gasteiger partial charge in [0.15, 0.2) is 18.4 Å². The molecule has 2 aromatic rings. The van der Waals surface area contributed by atoms with Crippen molar-refractivity contribution in [3.05, 3.63) is 59.9 Å². The van der Waals surface area contributed by atoms with Gasteiger partial charge in [0.1, 0.15) is 0 Å². The van der Waals surface area contributed by atoms with Crippen molar-refractivity contribution in [2.24, 2.45) is 0 Å². The first-order chi connectivity index (χ1) is 7.25. The van der Waals surface area contributed by atoms with Crippen molar-refractivity contribution in [2.45, 2.75) is 13.5 Å². The van der Waals surface area contributed by atoms with Crippen molar-refractivity contribution < 1.29 is 17.0 Å². The van der Waals surface area contributed by atoms with Crippen LogP contribution in [-0.4, -0.2) is 0 Å². The largest absolute Gasteiger partial charge is 1.00 e. The first kappa shape index (κ1) is 12.5. The van der Waals surface area contributed by atoms with E-state index in [4.69, 9.17) is 5.73 Å². The number of rotatable bonds is 2. The molecule has 84 valence electrons. The summed E-state index contributed by atoms with van der Waals surface area (Å²) in [5, 5.41) is 0. The molecule has 0 saturated heterocycles. The smallest absolute Gasteiger partial charge is 0.178 e. The molecule has 1 aromatic carbocycles. The summed E-state index contributed by atoms with van der Waals surface area (Å²) in [4.78, 5) is 0. The zero-order valence-corrected chi connectivity index (χ0v) is 9.98. The number of hydrogen-bond acceptors (Lipinski definition) is 1. The molecule has 3 heteroatoms. The van der Waals surface area contributed by atoms with Crippen LogP contribution in [0.15, 0.2) is 48.7 Å². The van der Waals surface area contributed by atoms with E-state index in [2.05, 4.69) is 42.0 Å². The zero-order chi connectivity index (χ0) is 10.7. The Morgan fingerprint density at radius 3 is 2.38 bits per heavy atom. The Morgan fingerprint density at radius 2 is 1.75 bits per heavy atom. The topological polar surface area (TPSA) is 29.9 Å². The van der Waals surface area contributed by atoms with E-state index in [0.717, 1.165) is 12.2 Å². The summed E-state index contributed by atoms with van der Waals surface area (Å²) in [6.45, 7) is 3.00. The van der Waals surface area contributed by atoms with Crippen molar-refractivity contribution in [1.29, 1.82) is 0 Å². The van der Waals surface area contributed by atoms with Crippen LogP contribution in [0.5, 0.6) is 0 Å². The maximum absolute atomic E-state index is 5.64. The third-order valence-corrected chi connectivity index (χ3v) is 2.50. The lowest BCUT2D eigenvalue weighted by Crippen LogP contribution is -3.00. The Morgan fingerprint density at radius 1 is 1.06 bits per heavy atom. The highest BCUT2D eigenvalue weighted by Gasteiger charge is 2.04. The summed E-state index contributed by atoms with van der Waals surface area (Å²) < 4.78 is 2.21. The number of hydrogen-bond donors (Lipinski definition) is 1. The van der Waals surface area contributed by atoms with Crippen LogP contribution in [0.1, 0.15) is 11.3 Å². The third-order valence-electron chi connectivity index (χ3n) is 2.50. The molecule has 1 heterocycles. The number of nitrogens with zero attached hydrogens (tertiary/aromatic N) is 1. The van der Waals surface area contributed by atoms with Gasteiger partial charge in [-0.3, -0.25) is 0 Å². The van der Waals surface area contributed by atoms with Gasteiger partial charge in [-0.1, -0.05) is 18.2 Å². The number of aromatic nitrogens is 1. The van der Waals surface area contributed by atoms with Crippen LogP contribution in [0.4, 0.5) is 5.69 Å². The fraction of sp³-hybridized carbons (Fsp3) is 0.154. The van der Waals surface area contributed by atoms with E-state index >= 15 is 0 Å². The van der Waals surface area contributed by atoms with Crippen LogP contribution >= 0.6 is 0 Å². The lowest BCUT2D eigenvalue weighted by atomic mass is 10.2. The summed E-state index contributed by atoms with van der Waals surface area (Å²) in [5.74, 6) is 0. The summed E-state index contributed by atoms with van der Waals surface area (Å²) >= 11 is 0. The second kappa shape index (κ2) is 5.52. The van der Waals surface area contributed by atoms with Crippen LogP contribution in [-0.2, 0) is 6.54 Å². The van der Waals surface area contributed by atoms with Gasteiger partial charge in [-0.15, -0.1) is 0 Å². The molecule has 16 heavy (non-hydrogen) atoms. The number of aryl methyl sites for hydroxylation is 1. The van der Waals surface area contributed by atoms with Crippen molar-refractivity contribution in [3.63, 3.8) is 0 Å². The van der Waals surface area contributed by atoms with E-state index in [9.17, 15) is 0 Å². The fourth-order valence-corrected chi connectivity index (χ4v) is 1.56. The minimum Gasteiger partial charge on any atom is -1.00 e. The van der Waals surface area contributed by atoms with Crippen LogP contribution in [0.3, 0.4) is 0 Å². The van der Waals surface area contributed by atoms with E-state index in [1.54, 1.807) is 0 Å². The number of halogens is 1.